The Morgan fingerprint density at radius 1 is 0.391 bits per heavy atom. The fourth-order valence-electron chi connectivity index (χ4n) is 5.14. The Hall–Kier alpha value is -5.64. The Labute approximate surface area is 268 Å². The third-order valence-corrected chi connectivity index (χ3v) is 7.34. The van der Waals surface area contributed by atoms with Crippen LogP contribution >= 0.6 is 0 Å². The van der Waals surface area contributed by atoms with E-state index in [4.69, 9.17) is 37.9 Å². The van der Waals surface area contributed by atoms with Crippen LogP contribution in [0.1, 0.15) is 34.5 Å². The van der Waals surface area contributed by atoms with Crippen molar-refractivity contribution in [3.05, 3.63) is 120 Å². The molecule has 0 radical (unpaired) electrons. The van der Waals surface area contributed by atoms with Gasteiger partial charge in [-0.15, -0.1) is 0 Å². The maximum Gasteiger partial charge on any atom is 0.203 e. The van der Waals surface area contributed by atoms with Gasteiger partial charge in [0, 0.05) is 35.9 Å². The van der Waals surface area contributed by atoms with Crippen molar-refractivity contribution in [2.75, 3.05) is 42.7 Å². The fraction of sp³-hybridized carbons (Fsp3) is 0.222. The number of hydrogen-bond acceptors (Lipinski definition) is 10. The summed E-state index contributed by atoms with van der Waals surface area (Å²) in [5.74, 6) is 3.99. The highest BCUT2D eigenvalue weighted by molar-refractivity contribution is 5.57. The third-order valence-electron chi connectivity index (χ3n) is 7.34. The summed E-state index contributed by atoms with van der Waals surface area (Å²) in [7, 11) is 9.45. The number of benzene rings is 3. The van der Waals surface area contributed by atoms with Crippen LogP contribution in [0.4, 0.5) is 0 Å². The lowest BCUT2D eigenvalue weighted by Crippen LogP contribution is -2.14. The molecule has 0 saturated carbocycles. The van der Waals surface area contributed by atoms with E-state index in [2.05, 4.69) is 9.97 Å². The Morgan fingerprint density at radius 2 is 0.717 bits per heavy atom. The van der Waals surface area contributed by atoms with Crippen LogP contribution in [-0.4, -0.2) is 52.6 Å². The summed E-state index contributed by atoms with van der Waals surface area (Å²) >= 11 is 0. The molecule has 3 aromatic carbocycles. The van der Waals surface area contributed by atoms with Gasteiger partial charge < -0.3 is 37.9 Å². The molecule has 2 atom stereocenters. The topological polar surface area (TPSA) is 99.6 Å². The molecule has 0 bridgehead atoms. The van der Waals surface area contributed by atoms with Crippen molar-refractivity contribution in [2.24, 2.45) is 0 Å². The van der Waals surface area contributed by atoms with Crippen molar-refractivity contribution in [2.45, 2.75) is 12.2 Å². The number of methoxy groups -OCH3 is 6. The van der Waals surface area contributed by atoms with Crippen molar-refractivity contribution >= 4 is 0 Å². The Bertz CT molecular complexity index is 1560. The average Bonchev–Trinajstić information content (AvgIpc) is 3.12. The van der Waals surface area contributed by atoms with E-state index in [1.54, 1.807) is 67.4 Å². The lowest BCUT2D eigenvalue weighted by Gasteiger charge is -2.26. The average molecular weight is 625 g/mol. The first-order valence-electron chi connectivity index (χ1n) is 14.4. The van der Waals surface area contributed by atoms with Crippen molar-refractivity contribution in [3.63, 3.8) is 0 Å². The summed E-state index contributed by atoms with van der Waals surface area (Å²) in [5.41, 5.74) is 3.25. The quantitative estimate of drug-likeness (QED) is 0.130. The maximum atomic E-state index is 6.80. The molecule has 0 aliphatic heterocycles. The summed E-state index contributed by atoms with van der Waals surface area (Å²) in [5, 5.41) is 0. The summed E-state index contributed by atoms with van der Waals surface area (Å²) in [6, 6.07) is 22.6. The van der Waals surface area contributed by atoms with Gasteiger partial charge in [-0.25, -0.2) is 0 Å². The standard InChI is InChI=1S/C36H36N2O8/c1-39-29-19-25(20-30(40-2)35(29)43-5)33(23-11-15-37-16-12-23)45-27-9-7-8-10-28(27)46-34(24-13-17-38-18-14-24)26-21-31(41-3)36(44-6)32(22-26)42-4/h7-22,33-34H,1-6H3. The molecule has 10 heteroatoms. The first kappa shape index (κ1) is 31.8. The third kappa shape index (κ3) is 6.71. The lowest BCUT2D eigenvalue weighted by molar-refractivity contribution is 0.201. The van der Waals surface area contributed by atoms with Gasteiger partial charge in [-0.1, -0.05) is 12.1 Å². The van der Waals surface area contributed by atoms with Crippen LogP contribution in [0.25, 0.3) is 0 Å². The van der Waals surface area contributed by atoms with Crippen molar-refractivity contribution in [1.82, 2.24) is 9.97 Å². The molecule has 2 heterocycles. The second-order valence-electron chi connectivity index (χ2n) is 9.92. The largest absolute Gasteiger partial charge is 0.493 e. The summed E-state index contributed by atoms with van der Waals surface area (Å²) < 4.78 is 47.3. The molecule has 238 valence electrons. The lowest BCUT2D eigenvalue weighted by atomic mass is 10.0. The summed E-state index contributed by atoms with van der Waals surface area (Å²) in [6.45, 7) is 0. The molecule has 2 aromatic heterocycles. The van der Waals surface area contributed by atoms with Gasteiger partial charge in [-0.3, -0.25) is 9.97 Å². The smallest absolute Gasteiger partial charge is 0.203 e. The van der Waals surface area contributed by atoms with E-state index in [9.17, 15) is 0 Å². The van der Waals surface area contributed by atoms with Gasteiger partial charge in [0.25, 0.3) is 0 Å². The monoisotopic (exact) mass is 624 g/mol. The first-order valence-corrected chi connectivity index (χ1v) is 14.4. The van der Waals surface area contributed by atoms with Gasteiger partial charge in [0.2, 0.25) is 11.5 Å². The Kier molecular flexibility index (Phi) is 10.3. The maximum absolute atomic E-state index is 6.80. The molecule has 0 fully saturated rings. The number of para-hydroxylation sites is 2. The number of pyridine rings is 2. The molecular weight excluding hydrogens is 588 g/mol. The molecule has 0 N–H and O–H groups in total. The molecule has 0 amide bonds. The molecule has 46 heavy (non-hydrogen) atoms. The molecule has 10 nitrogen and oxygen atoms in total. The Balaban J connectivity index is 1.60. The molecule has 0 spiro atoms. The van der Waals surface area contributed by atoms with Crippen LogP contribution in [0, 0.1) is 0 Å². The minimum atomic E-state index is -0.595. The normalized spacial score (nSPS) is 12.0. The van der Waals surface area contributed by atoms with E-state index in [1.807, 2.05) is 72.8 Å². The molecular formula is C36H36N2O8. The minimum Gasteiger partial charge on any atom is -0.493 e. The second-order valence-corrected chi connectivity index (χ2v) is 9.92. The molecule has 2 unspecified atom stereocenters. The van der Waals surface area contributed by atoms with E-state index in [1.165, 1.54) is 0 Å². The molecule has 0 aliphatic carbocycles. The van der Waals surface area contributed by atoms with Gasteiger partial charge in [-0.2, -0.15) is 0 Å². The highest BCUT2D eigenvalue weighted by atomic mass is 16.5. The number of hydrogen-bond donors (Lipinski definition) is 0. The predicted octanol–water partition coefficient (Wildman–Crippen LogP) is 6.87. The van der Waals surface area contributed by atoms with Crippen molar-refractivity contribution in [1.29, 1.82) is 0 Å². The van der Waals surface area contributed by atoms with Crippen LogP contribution < -0.4 is 37.9 Å². The number of ether oxygens (including phenoxy) is 8. The van der Waals surface area contributed by atoms with Gasteiger partial charge in [0.05, 0.1) is 42.7 Å². The minimum absolute atomic E-state index is 0.483. The van der Waals surface area contributed by atoms with Crippen LogP contribution in [0.15, 0.2) is 97.6 Å². The SMILES string of the molecule is COc1cc(C(Oc2ccccc2OC(c2ccncc2)c2cc(OC)c(OC)c(OC)c2)c2ccncc2)cc(OC)c1OC. The fourth-order valence-corrected chi connectivity index (χ4v) is 5.14. The molecule has 0 aliphatic rings. The van der Waals surface area contributed by atoms with Crippen LogP contribution in [0.5, 0.6) is 46.0 Å². The van der Waals surface area contributed by atoms with Crippen LogP contribution in [0.3, 0.4) is 0 Å². The van der Waals surface area contributed by atoms with Crippen molar-refractivity contribution < 1.29 is 37.9 Å². The highest BCUT2D eigenvalue weighted by Gasteiger charge is 2.26. The van der Waals surface area contributed by atoms with Crippen LogP contribution in [0.2, 0.25) is 0 Å². The first-order chi connectivity index (χ1) is 22.5. The van der Waals surface area contributed by atoms with Gasteiger partial charge >= 0.3 is 0 Å². The molecule has 0 saturated heterocycles. The van der Waals surface area contributed by atoms with E-state index in [0.29, 0.717) is 46.0 Å². The Morgan fingerprint density at radius 3 is 1.00 bits per heavy atom. The summed E-state index contributed by atoms with van der Waals surface area (Å²) in [4.78, 5) is 8.41. The van der Waals surface area contributed by atoms with E-state index >= 15 is 0 Å². The number of nitrogens with zero attached hydrogens (tertiary/aromatic N) is 2. The number of aromatic nitrogens is 2. The van der Waals surface area contributed by atoms with Gasteiger partial charge in [0.15, 0.2) is 34.5 Å². The van der Waals surface area contributed by atoms with Gasteiger partial charge in [-0.05, 0) is 71.8 Å². The zero-order valence-corrected chi connectivity index (χ0v) is 26.6. The van der Waals surface area contributed by atoms with Gasteiger partial charge in [0.1, 0.15) is 12.2 Å². The highest BCUT2D eigenvalue weighted by Crippen LogP contribution is 2.45. The predicted molar refractivity (Wildman–Crippen MR) is 172 cm³/mol. The number of rotatable bonds is 14. The molecule has 5 rings (SSSR count). The van der Waals surface area contributed by atoms with E-state index in [0.717, 1.165) is 22.3 Å². The van der Waals surface area contributed by atoms with Crippen LogP contribution in [-0.2, 0) is 0 Å². The van der Waals surface area contributed by atoms with Crippen molar-refractivity contribution in [3.8, 4) is 46.0 Å². The van der Waals surface area contributed by atoms with E-state index in [-0.39, 0.29) is 0 Å². The molecule has 5 aromatic rings. The zero-order valence-electron chi connectivity index (χ0n) is 26.6. The summed E-state index contributed by atoms with van der Waals surface area (Å²) in [6.07, 6.45) is 5.68. The second kappa shape index (κ2) is 14.9. The van der Waals surface area contributed by atoms with E-state index < -0.39 is 12.2 Å². The zero-order chi connectivity index (χ0) is 32.5.